The summed E-state index contributed by atoms with van der Waals surface area (Å²) in [5.74, 6) is 0.414. The van der Waals surface area contributed by atoms with Crippen LogP contribution in [0.15, 0.2) is 60.9 Å². The highest BCUT2D eigenvalue weighted by Gasteiger charge is 2.25. The molecule has 9 heteroatoms. The number of carbonyl (C=O) groups is 2. The molecule has 0 unspecified atom stereocenters. The minimum absolute atomic E-state index is 0.163. The summed E-state index contributed by atoms with van der Waals surface area (Å²) in [6.07, 6.45) is 5.39. The molecule has 2 heterocycles. The number of piperazine rings is 1. The van der Waals surface area contributed by atoms with Crippen molar-refractivity contribution in [3.05, 3.63) is 66.5 Å². The minimum atomic E-state index is -0.385. The molecule has 1 aliphatic carbocycles. The summed E-state index contributed by atoms with van der Waals surface area (Å²) in [7, 11) is 2.08. The van der Waals surface area contributed by atoms with E-state index in [4.69, 9.17) is 4.74 Å². The maximum absolute atomic E-state index is 13.2. The third-order valence-electron chi connectivity index (χ3n) is 6.26. The molecule has 1 saturated carbocycles. The molecule has 2 N–H and O–H groups in total. The molecule has 9 nitrogen and oxygen atoms in total. The standard InChI is InChI=1S/C27H30N6O3/c1-32-11-13-33(14-12-32)18-26(34)30-23-15-21(36-20-7-8-20)9-10-22(23)27(35)31-25-17-28-24(16-29-25)19-5-3-2-4-6-19/h2-6,9-10,15-17,20H,7-8,11-14,18H2,1H3,(H,30,34)(H,29,31,35). The number of likely N-dealkylation sites (N-methyl/N-ethyl adjacent to an activating group) is 1. The molecule has 0 spiro atoms. The second kappa shape index (κ2) is 10.8. The van der Waals surface area contributed by atoms with Crippen molar-refractivity contribution >= 4 is 23.3 Å². The smallest absolute Gasteiger partial charge is 0.258 e. The van der Waals surface area contributed by atoms with E-state index < -0.39 is 0 Å². The summed E-state index contributed by atoms with van der Waals surface area (Å²) < 4.78 is 5.90. The molecule has 1 aliphatic heterocycles. The average Bonchev–Trinajstić information content (AvgIpc) is 3.70. The zero-order valence-electron chi connectivity index (χ0n) is 20.3. The first-order chi connectivity index (χ1) is 17.5. The van der Waals surface area contributed by atoms with Crippen LogP contribution in [0, 0.1) is 0 Å². The van der Waals surface area contributed by atoms with Crippen molar-refractivity contribution < 1.29 is 14.3 Å². The predicted molar refractivity (Wildman–Crippen MR) is 138 cm³/mol. The SMILES string of the molecule is CN1CCN(CC(=O)Nc2cc(OC3CC3)ccc2C(=O)Nc2cnc(-c3ccccc3)cn2)CC1. The van der Waals surface area contributed by atoms with Crippen LogP contribution >= 0.6 is 0 Å². The normalized spacial score (nSPS) is 16.4. The fourth-order valence-electron chi connectivity index (χ4n) is 4.01. The summed E-state index contributed by atoms with van der Waals surface area (Å²) in [4.78, 5) is 39.1. The van der Waals surface area contributed by atoms with Gasteiger partial charge in [0.05, 0.1) is 42.0 Å². The Kier molecular flexibility index (Phi) is 7.20. The number of carbonyl (C=O) groups excluding carboxylic acids is 2. The van der Waals surface area contributed by atoms with Gasteiger partial charge in [0.2, 0.25) is 5.91 Å². The number of nitrogens with one attached hydrogen (secondary N) is 2. The van der Waals surface area contributed by atoms with E-state index in [9.17, 15) is 9.59 Å². The molecular weight excluding hydrogens is 456 g/mol. The van der Waals surface area contributed by atoms with Crippen molar-refractivity contribution in [2.75, 3.05) is 50.4 Å². The van der Waals surface area contributed by atoms with Gasteiger partial charge >= 0.3 is 0 Å². The first-order valence-electron chi connectivity index (χ1n) is 12.2. The van der Waals surface area contributed by atoms with Gasteiger partial charge in [0.15, 0.2) is 5.82 Å². The highest BCUT2D eigenvalue weighted by molar-refractivity contribution is 6.10. The Morgan fingerprint density at radius 3 is 2.44 bits per heavy atom. The van der Waals surface area contributed by atoms with Crippen LogP contribution in [0.2, 0.25) is 0 Å². The fraction of sp³-hybridized carbons (Fsp3) is 0.333. The van der Waals surface area contributed by atoms with E-state index in [0.717, 1.165) is 44.6 Å². The molecule has 1 saturated heterocycles. The van der Waals surface area contributed by atoms with Gasteiger partial charge in [-0.15, -0.1) is 0 Å². The predicted octanol–water partition coefficient (Wildman–Crippen LogP) is 3.12. The van der Waals surface area contributed by atoms with E-state index in [1.807, 2.05) is 30.3 Å². The molecule has 0 atom stereocenters. The van der Waals surface area contributed by atoms with Crippen molar-refractivity contribution in [3.8, 4) is 17.0 Å². The van der Waals surface area contributed by atoms with Crippen LogP contribution < -0.4 is 15.4 Å². The highest BCUT2D eigenvalue weighted by Crippen LogP contribution is 2.30. The number of hydrogen-bond acceptors (Lipinski definition) is 7. The number of rotatable bonds is 8. The van der Waals surface area contributed by atoms with Crippen molar-refractivity contribution in [1.82, 2.24) is 19.8 Å². The van der Waals surface area contributed by atoms with Gasteiger partial charge in [0.1, 0.15) is 5.75 Å². The molecule has 1 aromatic heterocycles. The second-order valence-corrected chi connectivity index (χ2v) is 9.26. The lowest BCUT2D eigenvalue weighted by molar-refractivity contribution is -0.117. The van der Waals surface area contributed by atoms with E-state index in [1.54, 1.807) is 24.4 Å². The van der Waals surface area contributed by atoms with Gasteiger partial charge in [-0.2, -0.15) is 0 Å². The maximum Gasteiger partial charge on any atom is 0.258 e. The summed E-state index contributed by atoms with van der Waals surface area (Å²) in [6, 6.07) is 14.9. The molecule has 36 heavy (non-hydrogen) atoms. The van der Waals surface area contributed by atoms with Crippen molar-refractivity contribution in [2.45, 2.75) is 18.9 Å². The minimum Gasteiger partial charge on any atom is -0.490 e. The average molecular weight is 487 g/mol. The van der Waals surface area contributed by atoms with Crippen LogP contribution in [-0.4, -0.2) is 77.5 Å². The zero-order chi connectivity index (χ0) is 24.9. The first-order valence-corrected chi connectivity index (χ1v) is 12.2. The zero-order valence-corrected chi connectivity index (χ0v) is 20.3. The highest BCUT2D eigenvalue weighted by atomic mass is 16.5. The van der Waals surface area contributed by atoms with Gasteiger partial charge in [0, 0.05) is 37.8 Å². The summed E-state index contributed by atoms with van der Waals surface area (Å²) in [5, 5.41) is 5.72. The Labute approximate surface area is 210 Å². The van der Waals surface area contributed by atoms with E-state index >= 15 is 0 Å². The van der Waals surface area contributed by atoms with Gasteiger partial charge < -0.3 is 20.3 Å². The van der Waals surface area contributed by atoms with E-state index in [1.165, 1.54) is 6.20 Å². The van der Waals surface area contributed by atoms with Crippen LogP contribution in [0.3, 0.4) is 0 Å². The Morgan fingerprint density at radius 1 is 0.972 bits per heavy atom. The van der Waals surface area contributed by atoms with Crippen molar-refractivity contribution in [2.24, 2.45) is 0 Å². The Bertz CT molecular complexity index is 1210. The fourth-order valence-corrected chi connectivity index (χ4v) is 4.01. The van der Waals surface area contributed by atoms with Gasteiger partial charge in [-0.25, -0.2) is 4.98 Å². The molecule has 2 fully saturated rings. The second-order valence-electron chi connectivity index (χ2n) is 9.26. The Morgan fingerprint density at radius 2 is 1.75 bits per heavy atom. The lowest BCUT2D eigenvalue weighted by Crippen LogP contribution is -2.47. The van der Waals surface area contributed by atoms with Crippen LogP contribution in [0.4, 0.5) is 11.5 Å². The van der Waals surface area contributed by atoms with Crippen LogP contribution in [-0.2, 0) is 4.79 Å². The third kappa shape index (κ3) is 6.24. The third-order valence-corrected chi connectivity index (χ3v) is 6.26. The Balaban J connectivity index is 1.29. The number of benzene rings is 2. The molecular formula is C27H30N6O3. The van der Waals surface area contributed by atoms with E-state index in [2.05, 4.69) is 37.4 Å². The van der Waals surface area contributed by atoms with Gasteiger partial charge in [0.25, 0.3) is 5.91 Å². The largest absolute Gasteiger partial charge is 0.490 e. The first kappa shape index (κ1) is 23.9. The topological polar surface area (TPSA) is 99.7 Å². The van der Waals surface area contributed by atoms with Crippen molar-refractivity contribution in [1.29, 1.82) is 0 Å². The van der Waals surface area contributed by atoms with Crippen LogP contribution in [0.1, 0.15) is 23.2 Å². The van der Waals surface area contributed by atoms with Gasteiger partial charge in [-0.05, 0) is 32.0 Å². The number of anilines is 2. The quantitative estimate of drug-likeness (QED) is 0.505. The molecule has 5 rings (SSSR count). The number of amides is 2. The lowest BCUT2D eigenvalue weighted by atomic mass is 10.1. The summed E-state index contributed by atoms with van der Waals surface area (Å²) in [5.41, 5.74) is 2.41. The molecule has 0 bridgehead atoms. The summed E-state index contributed by atoms with van der Waals surface area (Å²) in [6.45, 7) is 3.79. The van der Waals surface area contributed by atoms with Gasteiger partial charge in [-0.1, -0.05) is 30.3 Å². The number of aromatic nitrogens is 2. The monoisotopic (exact) mass is 486 g/mol. The molecule has 186 valence electrons. The van der Waals surface area contributed by atoms with Gasteiger partial charge in [-0.3, -0.25) is 19.5 Å². The Hall–Kier alpha value is -3.82. The van der Waals surface area contributed by atoms with E-state index in [0.29, 0.717) is 28.5 Å². The van der Waals surface area contributed by atoms with Crippen LogP contribution in [0.25, 0.3) is 11.3 Å². The molecule has 2 amide bonds. The number of nitrogens with zero attached hydrogens (tertiary/aromatic N) is 4. The molecule has 2 aromatic carbocycles. The molecule has 2 aliphatic rings. The van der Waals surface area contributed by atoms with Crippen LogP contribution in [0.5, 0.6) is 5.75 Å². The van der Waals surface area contributed by atoms with Crippen molar-refractivity contribution in [3.63, 3.8) is 0 Å². The number of hydrogen-bond donors (Lipinski definition) is 2. The van der Waals surface area contributed by atoms with E-state index in [-0.39, 0.29) is 24.5 Å². The lowest BCUT2D eigenvalue weighted by Gasteiger charge is -2.31. The molecule has 0 radical (unpaired) electrons. The maximum atomic E-state index is 13.2. The summed E-state index contributed by atoms with van der Waals surface area (Å²) >= 11 is 0. The number of ether oxygens (including phenoxy) is 1. The molecule has 3 aromatic rings.